The number of carbonyl (C=O) groups is 2. The Bertz CT molecular complexity index is 705. The molecule has 23 heavy (non-hydrogen) atoms. The van der Waals surface area contributed by atoms with Crippen molar-refractivity contribution in [1.82, 2.24) is 5.32 Å². The van der Waals surface area contributed by atoms with Crippen LogP contribution in [0.2, 0.25) is 0 Å². The van der Waals surface area contributed by atoms with Gasteiger partial charge in [0.05, 0.1) is 0 Å². The molecule has 0 unspecified atom stereocenters. The van der Waals surface area contributed by atoms with Crippen molar-refractivity contribution in [2.45, 2.75) is 17.2 Å². The average molecular weight is 336 g/mol. The molecule has 0 spiro atoms. The topological polar surface area (TPSA) is 72.2 Å². The molecule has 0 aromatic heterocycles. The first-order valence-electron chi connectivity index (χ1n) is 6.67. The fourth-order valence-electron chi connectivity index (χ4n) is 1.91. The van der Waals surface area contributed by atoms with E-state index in [0.29, 0.717) is 27.8 Å². The van der Waals surface area contributed by atoms with Crippen molar-refractivity contribution >= 4 is 23.6 Å². The third-order valence-corrected chi connectivity index (χ3v) is 3.73. The zero-order valence-corrected chi connectivity index (χ0v) is 12.8. The van der Waals surface area contributed by atoms with Gasteiger partial charge in [-0.05, 0) is 42.0 Å². The van der Waals surface area contributed by atoms with E-state index in [1.165, 1.54) is 24.3 Å². The van der Waals surface area contributed by atoms with Crippen molar-refractivity contribution in [2.24, 2.45) is 5.73 Å². The van der Waals surface area contributed by atoms with Crippen molar-refractivity contribution in [1.29, 1.82) is 0 Å². The van der Waals surface area contributed by atoms with Gasteiger partial charge in [-0.25, -0.2) is 0 Å². The Morgan fingerprint density at radius 3 is 2.39 bits per heavy atom. The smallest absolute Gasteiger partial charge is 0.288 e. The normalized spacial score (nSPS) is 10.6. The van der Waals surface area contributed by atoms with Gasteiger partial charge in [-0.2, -0.15) is 8.78 Å². The molecule has 7 heteroatoms. The van der Waals surface area contributed by atoms with Crippen LogP contribution in [0.3, 0.4) is 0 Å². The molecule has 0 saturated heterocycles. The number of nitrogens with two attached hydrogens (primary N) is 1. The summed E-state index contributed by atoms with van der Waals surface area (Å²) >= 11 is 0.425. The van der Waals surface area contributed by atoms with Crippen molar-refractivity contribution in [3.05, 3.63) is 65.2 Å². The maximum absolute atomic E-state index is 12.2. The largest absolute Gasteiger partial charge is 0.366 e. The molecule has 2 amide bonds. The highest BCUT2D eigenvalue weighted by atomic mass is 32.2. The van der Waals surface area contributed by atoms with Crippen molar-refractivity contribution in [3.8, 4) is 0 Å². The lowest BCUT2D eigenvalue weighted by Gasteiger charge is -2.07. The number of amides is 2. The highest BCUT2D eigenvalue weighted by Gasteiger charge is 2.09. The SMILES string of the molecule is NC(=O)c1cccc(CNC(=O)c2ccc(SC(F)F)cc2)c1. The molecule has 0 heterocycles. The Kier molecular flexibility index (Phi) is 5.70. The van der Waals surface area contributed by atoms with E-state index in [9.17, 15) is 18.4 Å². The Morgan fingerprint density at radius 2 is 1.78 bits per heavy atom. The van der Waals surface area contributed by atoms with Crippen molar-refractivity contribution in [3.63, 3.8) is 0 Å². The second-order valence-corrected chi connectivity index (χ2v) is 5.71. The van der Waals surface area contributed by atoms with E-state index < -0.39 is 11.7 Å². The zero-order valence-electron chi connectivity index (χ0n) is 12.0. The van der Waals surface area contributed by atoms with Crippen molar-refractivity contribution < 1.29 is 18.4 Å². The summed E-state index contributed by atoms with van der Waals surface area (Å²) in [6.07, 6.45) is 0. The fraction of sp³-hybridized carbons (Fsp3) is 0.125. The highest BCUT2D eigenvalue weighted by molar-refractivity contribution is 7.99. The van der Waals surface area contributed by atoms with E-state index in [2.05, 4.69) is 5.32 Å². The molecule has 4 nitrogen and oxygen atoms in total. The van der Waals surface area contributed by atoms with Gasteiger partial charge in [0.15, 0.2) is 0 Å². The van der Waals surface area contributed by atoms with E-state index in [1.54, 1.807) is 24.3 Å². The van der Waals surface area contributed by atoms with Gasteiger partial charge in [-0.15, -0.1) is 0 Å². The number of primary amides is 1. The lowest BCUT2D eigenvalue weighted by Crippen LogP contribution is -2.23. The minimum absolute atomic E-state index is 0.230. The molecule has 120 valence electrons. The van der Waals surface area contributed by atoms with Crippen LogP contribution in [0.1, 0.15) is 26.3 Å². The quantitative estimate of drug-likeness (QED) is 0.797. The van der Waals surface area contributed by atoms with E-state index in [0.717, 1.165) is 5.56 Å². The molecule has 0 bridgehead atoms. The Labute approximate surface area is 136 Å². The molecular formula is C16H14F2N2O2S. The first kappa shape index (κ1) is 17.0. The van der Waals surface area contributed by atoms with Gasteiger partial charge < -0.3 is 11.1 Å². The lowest BCUT2D eigenvalue weighted by atomic mass is 10.1. The van der Waals surface area contributed by atoms with E-state index in [4.69, 9.17) is 5.73 Å². The maximum atomic E-state index is 12.2. The van der Waals surface area contributed by atoms with Gasteiger partial charge in [-0.3, -0.25) is 9.59 Å². The van der Waals surface area contributed by atoms with Crippen LogP contribution in [0.15, 0.2) is 53.4 Å². The Morgan fingerprint density at radius 1 is 1.09 bits per heavy atom. The van der Waals surface area contributed by atoms with E-state index >= 15 is 0 Å². The molecule has 0 aliphatic heterocycles. The number of halogens is 2. The molecule has 0 atom stereocenters. The number of thioether (sulfide) groups is 1. The summed E-state index contributed by atoms with van der Waals surface area (Å²) in [5.41, 5.74) is 6.67. The highest BCUT2D eigenvalue weighted by Crippen LogP contribution is 2.25. The van der Waals surface area contributed by atoms with E-state index in [1.807, 2.05) is 0 Å². The predicted octanol–water partition coefficient (Wildman–Crippen LogP) is 3.03. The standard InChI is InChI=1S/C16H14F2N2O2S/c17-16(18)23-13-6-4-11(5-7-13)15(22)20-9-10-2-1-3-12(8-10)14(19)21/h1-8,16H,9H2,(H2,19,21)(H,20,22). The number of rotatable bonds is 6. The summed E-state index contributed by atoms with van der Waals surface area (Å²) in [4.78, 5) is 23.5. The summed E-state index contributed by atoms with van der Waals surface area (Å²) in [5, 5.41) is 2.70. The molecule has 3 N–H and O–H groups in total. The average Bonchev–Trinajstić information content (AvgIpc) is 2.53. The molecule has 0 saturated carbocycles. The van der Waals surface area contributed by atoms with Gasteiger partial charge in [-0.1, -0.05) is 23.9 Å². The minimum atomic E-state index is -2.49. The van der Waals surface area contributed by atoms with Gasteiger partial charge in [0, 0.05) is 22.6 Å². The van der Waals surface area contributed by atoms with Gasteiger partial charge >= 0.3 is 0 Å². The monoisotopic (exact) mass is 336 g/mol. The molecule has 0 aliphatic carbocycles. The van der Waals surface area contributed by atoms with Crippen LogP contribution in [-0.2, 0) is 6.54 Å². The molecule has 2 aromatic carbocycles. The van der Waals surface area contributed by atoms with Crippen LogP contribution in [-0.4, -0.2) is 17.6 Å². The molecule has 0 radical (unpaired) electrons. The fourth-order valence-corrected chi connectivity index (χ4v) is 2.41. The van der Waals surface area contributed by atoms with Crippen LogP contribution >= 0.6 is 11.8 Å². The minimum Gasteiger partial charge on any atom is -0.366 e. The molecule has 2 aromatic rings. The summed E-state index contributed by atoms with van der Waals surface area (Å²) in [6.45, 7) is 0.230. The summed E-state index contributed by atoms with van der Waals surface area (Å²) in [5.74, 6) is -3.36. The summed E-state index contributed by atoms with van der Waals surface area (Å²) in [6, 6.07) is 12.5. The molecule has 0 aliphatic rings. The number of nitrogens with one attached hydrogen (secondary N) is 1. The number of hydrogen-bond acceptors (Lipinski definition) is 3. The van der Waals surface area contributed by atoms with Gasteiger partial charge in [0.2, 0.25) is 5.91 Å². The van der Waals surface area contributed by atoms with Crippen molar-refractivity contribution in [2.75, 3.05) is 0 Å². The van der Waals surface area contributed by atoms with Gasteiger partial charge in [0.25, 0.3) is 11.7 Å². The van der Waals surface area contributed by atoms with Crippen LogP contribution in [0.4, 0.5) is 8.78 Å². The second-order valence-electron chi connectivity index (χ2n) is 4.65. The van der Waals surface area contributed by atoms with Crippen LogP contribution < -0.4 is 11.1 Å². The number of alkyl halides is 2. The van der Waals surface area contributed by atoms with Crippen LogP contribution in [0.5, 0.6) is 0 Å². The third-order valence-electron chi connectivity index (χ3n) is 3.01. The van der Waals surface area contributed by atoms with Gasteiger partial charge in [0.1, 0.15) is 0 Å². The number of carbonyl (C=O) groups excluding carboxylic acids is 2. The second kappa shape index (κ2) is 7.73. The zero-order chi connectivity index (χ0) is 16.8. The first-order valence-corrected chi connectivity index (χ1v) is 7.55. The number of hydrogen-bond donors (Lipinski definition) is 2. The molecular weight excluding hydrogens is 322 g/mol. The number of benzene rings is 2. The first-order chi connectivity index (χ1) is 11.0. The summed E-state index contributed by atoms with van der Waals surface area (Å²) in [7, 11) is 0. The third kappa shape index (κ3) is 5.07. The van der Waals surface area contributed by atoms with E-state index in [-0.39, 0.29) is 12.5 Å². The van der Waals surface area contributed by atoms with Crippen LogP contribution in [0.25, 0.3) is 0 Å². The molecule has 2 rings (SSSR count). The molecule has 0 fully saturated rings. The predicted molar refractivity (Wildman–Crippen MR) is 84.4 cm³/mol. The summed E-state index contributed by atoms with van der Waals surface area (Å²) < 4.78 is 24.5. The van der Waals surface area contributed by atoms with Crippen LogP contribution in [0, 0.1) is 0 Å². The maximum Gasteiger partial charge on any atom is 0.288 e. The Balaban J connectivity index is 1.96. The lowest BCUT2D eigenvalue weighted by molar-refractivity contribution is 0.0950. The Hall–Kier alpha value is -2.41.